The number of ether oxygens (including phenoxy) is 5. The molecule has 0 spiro atoms. The van der Waals surface area contributed by atoms with Crippen LogP contribution in [-0.4, -0.2) is 179 Å². The molecule has 0 unspecified atom stereocenters. The quantitative estimate of drug-likeness (QED) is 0.438. The Bertz CT molecular complexity index is 893. The lowest BCUT2D eigenvalue weighted by atomic mass is 10.2. The smallest absolute Gasteiger partial charge is 0.410 e. The van der Waals surface area contributed by atoms with Gasteiger partial charge in [-0.15, -0.1) is 0 Å². The van der Waals surface area contributed by atoms with E-state index in [-0.39, 0.29) is 23.6 Å². The van der Waals surface area contributed by atoms with Gasteiger partial charge in [0.25, 0.3) is 0 Å². The van der Waals surface area contributed by atoms with E-state index in [9.17, 15) is 14.4 Å². The van der Waals surface area contributed by atoms with Gasteiger partial charge in [0.2, 0.25) is 0 Å². The van der Waals surface area contributed by atoms with Crippen LogP contribution in [0.2, 0.25) is 0 Å². The molecule has 6 fully saturated rings. The third-order valence-electron chi connectivity index (χ3n) is 7.69. The van der Waals surface area contributed by atoms with Crippen LogP contribution in [-0.2, 0) is 28.5 Å². The lowest BCUT2D eigenvalue weighted by molar-refractivity contribution is -0.140. The van der Waals surface area contributed by atoms with Crippen LogP contribution in [0.15, 0.2) is 0 Å². The number of amides is 2. The van der Waals surface area contributed by atoms with Crippen LogP contribution in [0.25, 0.3) is 0 Å². The number of piperazine rings is 3. The first-order valence-corrected chi connectivity index (χ1v) is 16.4. The maximum absolute atomic E-state index is 11.8. The molecule has 0 saturated carbocycles. The van der Waals surface area contributed by atoms with Gasteiger partial charge < -0.3 is 44.1 Å². The topological polar surface area (TPSA) is 134 Å². The molecule has 14 heteroatoms. The first-order chi connectivity index (χ1) is 21.3. The average molecular weight is 643 g/mol. The number of nitrogens with zero attached hydrogens (tertiary/aromatic N) is 4. The minimum absolute atomic E-state index is 0.193. The Labute approximate surface area is 269 Å². The molecule has 0 aromatic carbocycles. The van der Waals surface area contributed by atoms with E-state index in [0.29, 0.717) is 19.3 Å². The van der Waals surface area contributed by atoms with Crippen molar-refractivity contribution in [3.8, 4) is 0 Å². The Morgan fingerprint density at radius 2 is 0.956 bits per heavy atom. The lowest BCUT2D eigenvalue weighted by Crippen LogP contribution is -2.57. The number of nitrogens with one attached hydrogen (secondary N) is 2. The molecule has 6 aliphatic rings. The van der Waals surface area contributed by atoms with Crippen LogP contribution in [0.3, 0.4) is 0 Å². The molecular weight excluding hydrogens is 584 g/mol. The second kappa shape index (κ2) is 18.3. The third kappa shape index (κ3) is 14.5. The maximum Gasteiger partial charge on any atom is 0.410 e. The summed E-state index contributed by atoms with van der Waals surface area (Å²) in [6.07, 6.45) is -0.393. The summed E-state index contributed by atoms with van der Waals surface area (Å²) in [7, 11) is 0. The summed E-state index contributed by atoms with van der Waals surface area (Å²) in [5, 5.41) is 6.52. The molecule has 6 aliphatic heterocycles. The van der Waals surface area contributed by atoms with Gasteiger partial charge in [-0.25, -0.2) is 9.59 Å². The van der Waals surface area contributed by atoms with Crippen molar-refractivity contribution in [1.29, 1.82) is 0 Å². The van der Waals surface area contributed by atoms with Crippen molar-refractivity contribution in [2.45, 2.75) is 64.8 Å². The van der Waals surface area contributed by atoms with Gasteiger partial charge >= 0.3 is 12.2 Å². The number of carbonyl (C=O) groups is 3. The first kappa shape index (κ1) is 37.4. The molecule has 6 saturated heterocycles. The predicted molar refractivity (Wildman–Crippen MR) is 170 cm³/mol. The number of Topliss-reactive ketones (excluding diaryl/α,β-unsaturated/α-hetero) is 1. The van der Waals surface area contributed by atoms with Gasteiger partial charge in [-0.1, -0.05) is 0 Å². The zero-order valence-electron chi connectivity index (χ0n) is 28.4. The number of ketones is 1. The molecule has 6 rings (SSSR count). The summed E-state index contributed by atoms with van der Waals surface area (Å²) in [6, 6.07) is 1.30. The highest BCUT2D eigenvalue weighted by Crippen LogP contribution is 2.16. The van der Waals surface area contributed by atoms with E-state index >= 15 is 0 Å². The average Bonchev–Trinajstić information content (AvgIpc) is 2.91. The van der Waals surface area contributed by atoms with Gasteiger partial charge in [0.05, 0.1) is 38.5 Å². The van der Waals surface area contributed by atoms with Gasteiger partial charge in [0.15, 0.2) is 5.78 Å². The van der Waals surface area contributed by atoms with Crippen molar-refractivity contribution in [1.82, 2.24) is 30.2 Å². The van der Waals surface area contributed by atoms with Crippen LogP contribution in [0.4, 0.5) is 9.59 Å². The van der Waals surface area contributed by atoms with Crippen LogP contribution in [0, 0.1) is 0 Å². The Hall–Kier alpha value is -2.07. The molecule has 2 amide bonds. The van der Waals surface area contributed by atoms with Crippen molar-refractivity contribution in [3.05, 3.63) is 0 Å². The standard InChI is InChI=1S/C12H22N2O3.C9H18N2O2.C7H14N2O.C3H4O2/c1-12(2,3)17-11(15)14-6-4-13(5-7-14)10-8-16-9-10;1-9(2,3)13-8(12)11-6-4-10-5-7-11;1-3-9(4-2-8-1)7-5-10-6-7;4-3-1-5-2-3/h10H,4-9H2,1-3H3;10H,4-7H2,1-3H3;7-8H,1-6H2;1-2H2. The fraction of sp³-hybridized carbons (Fsp3) is 0.903. The first-order valence-electron chi connectivity index (χ1n) is 16.4. The largest absolute Gasteiger partial charge is 0.444 e. The summed E-state index contributed by atoms with van der Waals surface area (Å²) in [6.45, 7) is 26.9. The molecule has 0 aliphatic carbocycles. The molecule has 260 valence electrons. The fourth-order valence-corrected chi connectivity index (χ4v) is 4.87. The van der Waals surface area contributed by atoms with Gasteiger partial charge in [-0.05, 0) is 41.5 Å². The summed E-state index contributed by atoms with van der Waals surface area (Å²) >= 11 is 0. The minimum atomic E-state index is -0.407. The van der Waals surface area contributed by atoms with E-state index in [0.717, 1.165) is 97.9 Å². The predicted octanol–water partition coefficient (Wildman–Crippen LogP) is 0.641. The van der Waals surface area contributed by atoms with E-state index in [1.807, 2.05) is 41.5 Å². The molecule has 0 radical (unpaired) electrons. The van der Waals surface area contributed by atoms with Crippen molar-refractivity contribution in [2.75, 3.05) is 118 Å². The Morgan fingerprint density at radius 3 is 1.27 bits per heavy atom. The van der Waals surface area contributed by atoms with Crippen LogP contribution in [0.5, 0.6) is 0 Å². The number of carbonyl (C=O) groups excluding carboxylic acids is 3. The molecule has 6 heterocycles. The number of hydrogen-bond donors (Lipinski definition) is 2. The third-order valence-corrected chi connectivity index (χ3v) is 7.69. The lowest BCUT2D eigenvalue weighted by Gasteiger charge is -2.42. The van der Waals surface area contributed by atoms with Crippen molar-refractivity contribution in [2.24, 2.45) is 0 Å². The van der Waals surface area contributed by atoms with Crippen molar-refractivity contribution in [3.63, 3.8) is 0 Å². The maximum atomic E-state index is 11.8. The molecule has 0 atom stereocenters. The molecule has 14 nitrogen and oxygen atoms in total. The molecular formula is C31H58N6O8. The van der Waals surface area contributed by atoms with E-state index in [2.05, 4.69) is 25.2 Å². The normalized spacial score (nSPS) is 23.3. The second-order valence-corrected chi connectivity index (χ2v) is 13.9. The summed E-state index contributed by atoms with van der Waals surface area (Å²) < 4.78 is 25.4. The highest BCUT2D eigenvalue weighted by molar-refractivity contribution is 5.84. The Morgan fingerprint density at radius 1 is 0.600 bits per heavy atom. The fourth-order valence-electron chi connectivity index (χ4n) is 4.87. The zero-order chi connectivity index (χ0) is 32.9. The van der Waals surface area contributed by atoms with E-state index < -0.39 is 5.60 Å². The van der Waals surface area contributed by atoms with Crippen molar-refractivity contribution >= 4 is 18.0 Å². The van der Waals surface area contributed by atoms with Gasteiger partial charge in [-0.2, -0.15) is 0 Å². The van der Waals surface area contributed by atoms with Gasteiger partial charge in [0.1, 0.15) is 24.4 Å². The van der Waals surface area contributed by atoms with Gasteiger partial charge in [-0.3, -0.25) is 14.6 Å². The number of hydrogen-bond acceptors (Lipinski definition) is 12. The monoisotopic (exact) mass is 642 g/mol. The summed E-state index contributed by atoms with van der Waals surface area (Å²) in [5.74, 6) is 0.213. The zero-order valence-corrected chi connectivity index (χ0v) is 28.4. The SMILES string of the molecule is C1CN(C2COC2)CCN1.CC(C)(C)OC(=O)N1CCN(C2COC2)CC1.CC(C)(C)OC(=O)N1CCNCC1.O=C1COC1. The molecule has 2 N–H and O–H groups in total. The van der Waals surface area contributed by atoms with Gasteiger partial charge in [0, 0.05) is 78.5 Å². The van der Waals surface area contributed by atoms with E-state index in [1.165, 1.54) is 13.1 Å². The molecule has 45 heavy (non-hydrogen) atoms. The van der Waals surface area contributed by atoms with Crippen LogP contribution >= 0.6 is 0 Å². The summed E-state index contributed by atoms with van der Waals surface area (Å²) in [5.41, 5.74) is -0.794. The molecule has 0 bridgehead atoms. The number of rotatable bonds is 2. The molecule has 0 aromatic rings. The Kier molecular flexibility index (Phi) is 15.2. The molecule has 0 aromatic heterocycles. The Balaban J connectivity index is 0.000000175. The summed E-state index contributed by atoms with van der Waals surface area (Å²) in [4.78, 5) is 41.5. The van der Waals surface area contributed by atoms with E-state index in [1.54, 1.807) is 9.80 Å². The van der Waals surface area contributed by atoms with Crippen LogP contribution < -0.4 is 10.6 Å². The van der Waals surface area contributed by atoms with Crippen LogP contribution in [0.1, 0.15) is 41.5 Å². The minimum Gasteiger partial charge on any atom is -0.444 e. The highest BCUT2D eigenvalue weighted by Gasteiger charge is 2.32. The second-order valence-electron chi connectivity index (χ2n) is 13.9. The highest BCUT2D eigenvalue weighted by atomic mass is 16.6. The van der Waals surface area contributed by atoms with Crippen molar-refractivity contribution < 1.29 is 38.1 Å². The van der Waals surface area contributed by atoms with E-state index in [4.69, 9.17) is 18.9 Å².